The fourth-order valence-electron chi connectivity index (χ4n) is 1.04. The van der Waals surface area contributed by atoms with E-state index in [1.165, 1.54) is 0 Å². The molecule has 0 radical (unpaired) electrons. The highest BCUT2D eigenvalue weighted by Crippen LogP contribution is 2.23. The summed E-state index contributed by atoms with van der Waals surface area (Å²) in [4.78, 5) is 0. The highest BCUT2D eigenvalue weighted by molar-refractivity contribution is 8.00. The van der Waals surface area contributed by atoms with Gasteiger partial charge >= 0.3 is 0 Å². The average molecular weight is 228 g/mol. The molecule has 0 aliphatic carbocycles. The topological polar surface area (TPSA) is 38.1 Å². The number of nitrogens with one attached hydrogen (secondary N) is 1. The molecule has 3 nitrogen and oxygen atoms in total. The number of rotatable bonds is 5. The molecule has 1 aromatic heterocycles. The molecule has 0 saturated carbocycles. The van der Waals surface area contributed by atoms with Gasteiger partial charge in [0.25, 0.3) is 0 Å². The van der Waals surface area contributed by atoms with Crippen molar-refractivity contribution in [1.29, 1.82) is 0 Å². The maximum atomic E-state index is 4.77. The van der Waals surface area contributed by atoms with Crippen LogP contribution in [-0.2, 0) is 6.54 Å². The maximum absolute atomic E-state index is 4.77. The first-order valence-corrected chi connectivity index (χ1v) is 6.22. The largest absolute Gasteiger partial charge is 0.364 e. The summed E-state index contributed by atoms with van der Waals surface area (Å²) in [7, 11) is 0. The van der Waals surface area contributed by atoms with Crippen LogP contribution in [0.25, 0.3) is 0 Å². The van der Waals surface area contributed by atoms with E-state index < -0.39 is 0 Å². The van der Waals surface area contributed by atoms with Crippen LogP contribution in [0.2, 0.25) is 0 Å². The second kappa shape index (κ2) is 5.56. The normalized spacial score (nSPS) is 14.1. The van der Waals surface area contributed by atoms with Crippen LogP contribution in [0.1, 0.15) is 33.4 Å². The van der Waals surface area contributed by atoms with Gasteiger partial charge in [0.1, 0.15) is 6.26 Å². The molecular weight excluding hydrogens is 208 g/mol. The van der Waals surface area contributed by atoms with Crippen LogP contribution in [-0.4, -0.2) is 21.7 Å². The smallest absolute Gasteiger partial charge is 0.124 e. The van der Waals surface area contributed by atoms with Crippen LogP contribution in [0.3, 0.4) is 0 Å². The van der Waals surface area contributed by atoms with Crippen molar-refractivity contribution in [1.82, 2.24) is 10.5 Å². The Balaban J connectivity index is 2.16. The molecule has 15 heavy (non-hydrogen) atoms. The zero-order valence-electron chi connectivity index (χ0n) is 9.91. The van der Waals surface area contributed by atoms with Crippen molar-refractivity contribution in [2.45, 2.75) is 45.0 Å². The van der Waals surface area contributed by atoms with Crippen LogP contribution >= 0.6 is 11.8 Å². The molecule has 1 aromatic rings. The molecule has 0 fully saturated rings. The number of nitrogens with zero attached hydrogens (tertiary/aromatic N) is 1. The van der Waals surface area contributed by atoms with Gasteiger partial charge in [-0.25, -0.2) is 0 Å². The molecule has 0 spiro atoms. The van der Waals surface area contributed by atoms with Gasteiger partial charge in [0, 0.05) is 29.2 Å². The standard InChI is InChI=1S/C11H20N2OS/c1-9(8-15-11(2,3)4)12-7-10-5-6-14-13-10/h5-6,9,12H,7-8H2,1-4H3. The van der Waals surface area contributed by atoms with Gasteiger partial charge in [-0.15, -0.1) is 0 Å². The van der Waals surface area contributed by atoms with Crippen molar-refractivity contribution in [2.24, 2.45) is 0 Å². The van der Waals surface area contributed by atoms with Gasteiger partial charge in [-0.05, 0) is 6.92 Å². The van der Waals surface area contributed by atoms with Gasteiger partial charge < -0.3 is 9.84 Å². The second-order valence-electron chi connectivity index (χ2n) is 4.70. The second-order valence-corrected chi connectivity index (χ2v) is 6.54. The Labute approximate surface area is 96.0 Å². The molecule has 1 N–H and O–H groups in total. The first-order chi connectivity index (χ1) is 6.97. The lowest BCUT2D eigenvalue weighted by molar-refractivity contribution is 0.406. The molecule has 1 heterocycles. The van der Waals surface area contributed by atoms with Crippen LogP contribution in [0, 0.1) is 0 Å². The molecule has 0 aliphatic rings. The summed E-state index contributed by atoms with van der Waals surface area (Å²) in [6, 6.07) is 2.38. The van der Waals surface area contributed by atoms with E-state index in [1.807, 2.05) is 17.8 Å². The molecule has 1 unspecified atom stereocenters. The Morgan fingerprint density at radius 1 is 1.53 bits per heavy atom. The minimum atomic E-state index is 0.337. The van der Waals surface area contributed by atoms with Crippen LogP contribution < -0.4 is 5.32 Å². The van der Waals surface area contributed by atoms with Crippen molar-refractivity contribution in [3.63, 3.8) is 0 Å². The van der Waals surface area contributed by atoms with Crippen LogP contribution in [0.15, 0.2) is 16.9 Å². The molecule has 0 aliphatic heterocycles. The van der Waals surface area contributed by atoms with Gasteiger partial charge in [-0.3, -0.25) is 0 Å². The van der Waals surface area contributed by atoms with E-state index in [0.29, 0.717) is 10.8 Å². The Kier molecular flexibility index (Phi) is 4.67. The summed E-state index contributed by atoms with van der Waals surface area (Å²) in [6.07, 6.45) is 1.60. The average Bonchev–Trinajstić information content (AvgIpc) is 2.62. The first-order valence-electron chi connectivity index (χ1n) is 5.24. The summed E-state index contributed by atoms with van der Waals surface area (Å²) in [5.41, 5.74) is 0.961. The lowest BCUT2D eigenvalue weighted by atomic mass is 10.3. The molecule has 4 heteroatoms. The van der Waals surface area contributed by atoms with Gasteiger partial charge in [-0.1, -0.05) is 25.9 Å². The third-order valence-electron chi connectivity index (χ3n) is 1.89. The Morgan fingerprint density at radius 2 is 2.27 bits per heavy atom. The molecule has 86 valence electrons. The molecule has 0 saturated heterocycles. The van der Waals surface area contributed by atoms with Gasteiger partial charge in [-0.2, -0.15) is 11.8 Å². The fourth-order valence-corrected chi connectivity index (χ4v) is 1.91. The van der Waals surface area contributed by atoms with Crippen LogP contribution in [0.4, 0.5) is 0 Å². The van der Waals surface area contributed by atoms with E-state index in [1.54, 1.807) is 6.26 Å². The van der Waals surface area contributed by atoms with E-state index in [2.05, 4.69) is 38.2 Å². The number of hydrogen-bond acceptors (Lipinski definition) is 4. The van der Waals surface area contributed by atoms with Gasteiger partial charge in [0.2, 0.25) is 0 Å². The lowest BCUT2D eigenvalue weighted by Crippen LogP contribution is -2.29. The van der Waals surface area contributed by atoms with Crippen molar-refractivity contribution in [3.8, 4) is 0 Å². The maximum Gasteiger partial charge on any atom is 0.124 e. The summed E-state index contributed by atoms with van der Waals surface area (Å²) >= 11 is 1.97. The number of aromatic nitrogens is 1. The number of hydrogen-bond donors (Lipinski definition) is 1. The SMILES string of the molecule is CC(CSC(C)(C)C)NCc1ccon1. The predicted molar refractivity (Wildman–Crippen MR) is 65.0 cm³/mol. The van der Waals surface area contributed by atoms with Crippen molar-refractivity contribution in [3.05, 3.63) is 18.0 Å². The third kappa shape index (κ3) is 5.85. The Morgan fingerprint density at radius 3 is 2.80 bits per heavy atom. The summed E-state index contributed by atoms with van der Waals surface area (Å²) < 4.78 is 5.10. The number of thioether (sulfide) groups is 1. The molecule has 0 bridgehead atoms. The van der Waals surface area contributed by atoms with Gasteiger partial charge in [0.05, 0.1) is 5.69 Å². The fraction of sp³-hybridized carbons (Fsp3) is 0.727. The summed E-state index contributed by atoms with van der Waals surface area (Å²) in [5.74, 6) is 1.11. The molecule has 0 amide bonds. The molecular formula is C11H20N2OS. The van der Waals surface area contributed by atoms with Crippen molar-refractivity contribution in [2.75, 3.05) is 5.75 Å². The highest BCUT2D eigenvalue weighted by Gasteiger charge is 2.12. The zero-order valence-corrected chi connectivity index (χ0v) is 10.7. The highest BCUT2D eigenvalue weighted by atomic mass is 32.2. The van der Waals surface area contributed by atoms with E-state index in [9.17, 15) is 0 Å². The third-order valence-corrected chi connectivity index (χ3v) is 3.42. The summed E-state index contributed by atoms with van der Waals surface area (Å²) in [5, 5.41) is 7.27. The lowest BCUT2D eigenvalue weighted by Gasteiger charge is -2.21. The van der Waals surface area contributed by atoms with Crippen molar-refractivity contribution < 1.29 is 4.52 Å². The predicted octanol–water partition coefficient (Wildman–Crippen LogP) is 2.68. The Hall–Kier alpha value is -0.480. The van der Waals surface area contributed by atoms with E-state index >= 15 is 0 Å². The minimum Gasteiger partial charge on any atom is -0.364 e. The minimum absolute atomic E-state index is 0.337. The quantitative estimate of drug-likeness (QED) is 0.841. The molecule has 0 aromatic carbocycles. The monoisotopic (exact) mass is 228 g/mol. The van der Waals surface area contributed by atoms with Crippen molar-refractivity contribution >= 4 is 11.8 Å². The summed E-state index contributed by atoms with van der Waals surface area (Å²) in [6.45, 7) is 9.69. The molecule has 1 atom stereocenters. The molecule has 1 rings (SSSR count). The van der Waals surface area contributed by atoms with E-state index in [-0.39, 0.29) is 0 Å². The van der Waals surface area contributed by atoms with E-state index in [0.717, 1.165) is 18.0 Å². The Bertz CT molecular complexity index is 267. The van der Waals surface area contributed by atoms with Crippen LogP contribution in [0.5, 0.6) is 0 Å². The van der Waals surface area contributed by atoms with Gasteiger partial charge in [0.15, 0.2) is 0 Å². The zero-order chi connectivity index (χ0) is 11.3. The first kappa shape index (κ1) is 12.6. The van der Waals surface area contributed by atoms with E-state index in [4.69, 9.17) is 4.52 Å².